The molecule has 0 aromatic heterocycles. The Labute approximate surface area is 138 Å². The van der Waals surface area contributed by atoms with E-state index in [1.165, 1.54) is 16.2 Å². The molecule has 1 aliphatic rings. The van der Waals surface area contributed by atoms with E-state index in [0.29, 0.717) is 6.54 Å². The van der Waals surface area contributed by atoms with Crippen molar-refractivity contribution < 1.29 is 9.69 Å². The van der Waals surface area contributed by atoms with Crippen molar-refractivity contribution in [2.24, 2.45) is 0 Å². The van der Waals surface area contributed by atoms with Gasteiger partial charge < -0.3 is 15.1 Å². The third-order valence-corrected chi connectivity index (χ3v) is 4.48. The quantitative estimate of drug-likeness (QED) is 0.773. The van der Waals surface area contributed by atoms with Crippen LogP contribution in [0.1, 0.15) is 25.3 Å². The van der Waals surface area contributed by atoms with Gasteiger partial charge in [-0.2, -0.15) is 0 Å². The highest BCUT2D eigenvalue weighted by Crippen LogP contribution is 2.24. The third-order valence-electron chi connectivity index (χ3n) is 4.25. The summed E-state index contributed by atoms with van der Waals surface area (Å²) < 4.78 is 0. The molecule has 0 radical (unpaired) electrons. The van der Waals surface area contributed by atoms with Crippen LogP contribution in [0.4, 0.5) is 5.69 Å². The van der Waals surface area contributed by atoms with Crippen molar-refractivity contribution in [3.8, 4) is 0 Å². The van der Waals surface area contributed by atoms with E-state index < -0.39 is 0 Å². The van der Waals surface area contributed by atoms with Crippen LogP contribution in [0.2, 0.25) is 5.02 Å². The summed E-state index contributed by atoms with van der Waals surface area (Å²) in [5.41, 5.74) is 2.48. The van der Waals surface area contributed by atoms with E-state index in [4.69, 9.17) is 11.6 Å². The van der Waals surface area contributed by atoms with E-state index in [2.05, 4.69) is 30.1 Å². The molecular weight excluding hydrogens is 298 g/mol. The predicted octanol–water partition coefficient (Wildman–Crippen LogP) is 1.27. The Morgan fingerprint density at radius 1 is 1.36 bits per heavy atom. The van der Waals surface area contributed by atoms with Gasteiger partial charge in [-0.3, -0.25) is 4.79 Å². The molecule has 0 bridgehead atoms. The minimum absolute atomic E-state index is 0.177. The topological polar surface area (TPSA) is 36.8 Å². The SMILES string of the molecule is CCCCNC(=O)C[NH+]1CCN(c2cc(Cl)ccc2C)CC1. The largest absolute Gasteiger partial charge is 0.360 e. The van der Waals surface area contributed by atoms with Crippen LogP contribution in [0.5, 0.6) is 0 Å². The predicted molar refractivity (Wildman–Crippen MR) is 91.9 cm³/mol. The Balaban J connectivity index is 1.80. The second-order valence-electron chi connectivity index (χ2n) is 6.05. The summed E-state index contributed by atoms with van der Waals surface area (Å²) in [7, 11) is 0. The van der Waals surface area contributed by atoms with Gasteiger partial charge in [0.2, 0.25) is 0 Å². The molecule has 2 N–H and O–H groups in total. The minimum Gasteiger partial charge on any atom is -0.360 e. The first kappa shape index (κ1) is 17.1. The first-order chi connectivity index (χ1) is 10.6. The number of nitrogens with one attached hydrogen (secondary N) is 2. The molecule has 1 heterocycles. The number of hydrogen-bond acceptors (Lipinski definition) is 2. The number of benzene rings is 1. The van der Waals surface area contributed by atoms with Gasteiger partial charge in [0.25, 0.3) is 5.91 Å². The molecule has 0 spiro atoms. The van der Waals surface area contributed by atoms with Gasteiger partial charge in [0.1, 0.15) is 0 Å². The summed E-state index contributed by atoms with van der Waals surface area (Å²) in [6.07, 6.45) is 2.17. The van der Waals surface area contributed by atoms with E-state index in [0.717, 1.165) is 50.6 Å². The standard InChI is InChI=1S/C17H26ClN3O/c1-3-4-7-19-17(22)13-20-8-10-21(11-9-20)16-12-15(18)6-5-14(16)2/h5-6,12H,3-4,7-11,13H2,1-2H3,(H,19,22)/p+1. The number of anilines is 1. The number of unbranched alkanes of at least 4 members (excludes halogenated alkanes) is 1. The molecule has 0 unspecified atom stereocenters. The van der Waals surface area contributed by atoms with E-state index in [1.807, 2.05) is 12.1 Å². The molecular formula is C17H27ClN3O+. The number of amides is 1. The Hall–Kier alpha value is -1.26. The first-order valence-electron chi connectivity index (χ1n) is 8.21. The molecule has 1 fully saturated rings. The van der Waals surface area contributed by atoms with Crippen molar-refractivity contribution in [2.75, 3.05) is 44.2 Å². The third kappa shape index (κ3) is 4.89. The molecule has 122 valence electrons. The van der Waals surface area contributed by atoms with Crippen LogP contribution in [0.25, 0.3) is 0 Å². The van der Waals surface area contributed by atoms with Crippen LogP contribution in [-0.4, -0.2) is 45.2 Å². The molecule has 5 heteroatoms. The second kappa shape index (κ2) is 8.39. The monoisotopic (exact) mass is 324 g/mol. The number of hydrogen-bond donors (Lipinski definition) is 2. The normalized spacial score (nSPS) is 15.9. The van der Waals surface area contributed by atoms with Crippen molar-refractivity contribution >= 4 is 23.2 Å². The molecule has 1 aromatic rings. The van der Waals surface area contributed by atoms with E-state index in [1.54, 1.807) is 0 Å². The Morgan fingerprint density at radius 2 is 2.09 bits per heavy atom. The second-order valence-corrected chi connectivity index (χ2v) is 6.48. The number of quaternary nitrogens is 1. The number of carbonyl (C=O) groups excluding carboxylic acids is 1. The summed E-state index contributed by atoms with van der Waals surface area (Å²) >= 11 is 6.11. The van der Waals surface area contributed by atoms with Gasteiger partial charge in [0.15, 0.2) is 6.54 Å². The lowest BCUT2D eigenvalue weighted by Crippen LogP contribution is -3.16. The van der Waals surface area contributed by atoms with Crippen LogP contribution >= 0.6 is 11.6 Å². The lowest BCUT2D eigenvalue weighted by Gasteiger charge is -2.34. The van der Waals surface area contributed by atoms with Gasteiger partial charge in [-0.05, 0) is 31.0 Å². The summed E-state index contributed by atoms with van der Waals surface area (Å²) in [5, 5.41) is 3.78. The lowest BCUT2D eigenvalue weighted by molar-refractivity contribution is -0.892. The molecule has 1 amide bonds. The molecule has 1 aromatic carbocycles. The molecule has 1 saturated heterocycles. The fourth-order valence-corrected chi connectivity index (χ4v) is 3.02. The van der Waals surface area contributed by atoms with E-state index >= 15 is 0 Å². The van der Waals surface area contributed by atoms with Gasteiger partial charge >= 0.3 is 0 Å². The molecule has 0 aliphatic carbocycles. The zero-order valence-corrected chi connectivity index (χ0v) is 14.4. The van der Waals surface area contributed by atoms with Crippen molar-refractivity contribution in [3.05, 3.63) is 28.8 Å². The molecule has 22 heavy (non-hydrogen) atoms. The van der Waals surface area contributed by atoms with Crippen LogP contribution in [0, 0.1) is 6.92 Å². The van der Waals surface area contributed by atoms with E-state index in [-0.39, 0.29) is 5.91 Å². The van der Waals surface area contributed by atoms with Gasteiger partial charge in [-0.1, -0.05) is 31.0 Å². The highest BCUT2D eigenvalue weighted by molar-refractivity contribution is 6.30. The summed E-state index contributed by atoms with van der Waals surface area (Å²) in [6.45, 7) is 9.57. The van der Waals surface area contributed by atoms with Crippen molar-refractivity contribution in [3.63, 3.8) is 0 Å². The number of carbonyl (C=O) groups is 1. The maximum atomic E-state index is 11.9. The Kier molecular flexibility index (Phi) is 6.52. The Bertz CT molecular complexity index is 499. The molecule has 0 saturated carbocycles. The van der Waals surface area contributed by atoms with Crippen LogP contribution in [0.15, 0.2) is 18.2 Å². The summed E-state index contributed by atoms with van der Waals surface area (Å²) in [6, 6.07) is 6.04. The summed E-state index contributed by atoms with van der Waals surface area (Å²) in [4.78, 5) is 15.6. The zero-order valence-electron chi connectivity index (χ0n) is 13.6. The van der Waals surface area contributed by atoms with Gasteiger partial charge in [0, 0.05) is 17.3 Å². The molecule has 2 rings (SSSR count). The molecule has 1 aliphatic heterocycles. The fourth-order valence-electron chi connectivity index (χ4n) is 2.86. The number of piperazine rings is 1. The van der Waals surface area contributed by atoms with Gasteiger partial charge in [-0.25, -0.2) is 0 Å². The van der Waals surface area contributed by atoms with Crippen LogP contribution in [-0.2, 0) is 4.79 Å². The average molecular weight is 325 g/mol. The van der Waals surface area contributed by atoms with Crippen molar-refractivity contribution in [2.45, 2.75) is 26.7 Å². The first-order valence-corrected chi connectivity index (χ1v) is 8.59. The number of nitrogens with zero attached hydrogens (tertiary/aromatic N) is 1. The number of rotatable bonds is 6. The van der Waals surface area contributed by atoms with Crippen LogP contribution in [0.3, 0.4) is 0 Å². The number of aryl methyl sites for hydroxylation is 1. The lowest BCUT2D eigenvalue weighted by atomic mass is 10.1. The van der Waals surface area contributed by atoms with Crippen molar-refractivity contribution in [1.29, 1.82) is 0 Å². The summed E-state index contributed by atoms with van der Waals surface area (Å²) in [5.74, 6) is 0.177. The highest BCUT2D eigenvalue weighted by Gasteiger charge is 2.23. The van der Waals surface area contributed by atoms with Gasteiger partial charge in [0.05, 0.1) is 26.2 Å². The smallest absolute Gasteiger partial charge is 0.275 e. The van der Waals surface area contributed by atoms with E-state index in [9.17, 15) is 4.79 Å². The molecule has 0 atom stereocenters. The number of halogens is 1. The Morgan fingerprint density at radius 3 is 2.77 bits per heavy atom. The minimum atomic E-state index is 0.177. The maximum absolute atomic E-state index is 11.9. The zero-order chi connectivity index (χ0) is 15.9. The fraction of sp³-hybridized carbons (Fsp3) is 0.588. The molecule has 4 nitrogen and oxygen atoms in total. The van der Waals surface area contributed by atoms with Gasteiger partial charge in [-0.15, -0.1) is 0 Å². The highest BCUT2D eigenvalue weighted by atomic mass is 35.5. The maximum Gasteiger partial charge on any atom is 0.275 e. The average Bonchev–Trinajstić information content (AvgIpc) is 2.51. The van der Waals surface area contributed by atoms with Crippen LogP contribution < -0.4 is 15.1 Å². The van der Waals surface area contributed by atoms with Crippen molar-refractivity contribution in [1.82, 2.24) is 5.32 Å².